The van der Waals surface area contributed by atoms with Crippen LogP contribution in [0.1, 0.15) is 56.1 Å². The van der Waals surface area contributed by atoms with Gasteiger partial charge in [0.25, 0.3) is 0 Å². The summed E-state index contributed by atoms with van der Waals surface area (Å²) in [6, 6.07) is 10.4. The average molecular weight is 312 g/mol. The molecule has 1 fully saturated rings. The van der Waals surface area contributed by atoms with Gasteiger partial charge in [-0.1, -0.05) is 50.1 Å². The summed E-state index contributed by atoms with van der Waals surface area (Å²) >= 11 is 0. The van der Waals surface area contributed by atoms with Gasteiger partial charge < -0.3 is 9.30 Å². The maximum atomic E-state index is 12.3. The molecule has 0 aliphatic heterocycles. The third-order valence-electron chi connectivity index (χ3n) is 4.73. The number of imidazole rings is 1. The largest absolute Gasteiger partial charge is 0.461 e. The van der Waals surface area contributed by atoms with Gasteiger partial charge in [-0.2, -0.15) is 0 Å². The smallest absolute Gasteiger partial charge is 0.359 e. The van der Waals surface area contributed by atoms with Crippen molar-refractivity contribution in [3.63, 3.8) is 0 Å². The van der Waals surface area contributed by atoms with Crippen molar-refractivity contribution in [3.8, 4) is 11.3 Å². The van der Waals surface area contributed by atoms with Crippen LogP contribution in [0.3, 0.4) is 0 Å². The molecule has 2 aromatic rings. The van der Waals surface area contributed by atoms with Crippen LogP contribution in [0, 0.1) is 5.92 Å². The number of carbonyl (C=O) groups excluding carboxylic acids is 1. The van der Waals surface area contributed by atoms with Crippen LogP contribution in [0.4, 0.5) is 0 Å². The van der Waals surface area contributed by atoms with Crippen molar-refractivity contribution < 1.29 is 9.53 Å². The van der Waals surface area contributed by atoms with Crippen molar-refractivity contribution in [2.75, 3.05) is 6.61 Å². The predicted molar refractivity (Wildman–Crippen MR) is 90.3 cm³/mol. The minimum Gasteiger partial charge on any atom is -0.461 e. The zero-order valence-corrected chi connectivity index (χ0v) is 13.9. The number of ether oxygens (including phenoxy) is 1. The Balaban J connectivity index is 2.07. The van der Waals surface area contributed by atoms with Crippen LogP contribution < -0.4 is 0 Å². The van der Waals surface area contributed by atoms with Crippen LogP contribution in [0.5, 0.6) is 0 Å². The number of carbonyl (C=O) groups is 1. The van der Waals surface area contributed by atoms with E-state index < -0.39 is 0 Å². The molecule has 1 aromatic carbocycles. The van der Waals surface area contributed by atoms with Gasteiger partial charge in [0.05, 0.1) is 18.6 Å². The topological polar surface area (TPSA) is 44.1 Å². The maximum absolute atomic E-state index is 12.3. The molecule has 122 valence electrons. The van der Waals surface area contributed by atoms with Gasteiger partial charge in [-0.3, -0.25) is 0 Å². The Hall–Kier alpha value is -2.10. The molecule has 0 unspecified atom stereocenters. The van der Waals surface area contributed by atoms with E-state index in [0.29, 0.717) is 24.3 Å². The van der Waals surface area contributed by atoms with Crippen LogP contribution in [0.15, 0.2) is 36.7 Å². The normalized spacial score (nSPS) is 21.1. The first-order valence-electron chi connectivity index (χ1n) is 8.51. The Morgan fingerprint density at radius 2 is 2.00 bits per heavy atom. The Morgan fingerprint density at radius 3 is 2.70 bits per heavy atom. The van der Waals surface area contributed by atoms with Crippen molar-refractivity contribution in [1.29, 1.82) is 0 Å². The number of hydrogen-bond donors (Lipinski definition) is 0. The van der Waals surface area contributed by atoms with E-state index in [0.717, 1.165) is 17.7 Å². The summed E-state index contributed by atoms with van der Waals surface area (Å²) in [4.78, 5) is 16.7. The molecule has 0 bridgehead atoms. The van der Waals surface area contributed by atoms with Crippen LogP contribution in [0.25, 0.3) is 11.3 Å². The molecule has 1 aliphatic carbocycles. The molecule has 4 nitrogen and oxygen atoms in total. The van der Waals surface area contributed by atoms with Gasteiger partial charge in [0, 0.05) is 11.6 Å². The highest BCUT2D eigenvalue weighted by Gasteiger charge is 2.28. The van der Waals surface area contributed by atoms with E-state index >= 15 is 0 Å². The standard InChI is InChI=1S/C19H24N2O2/c1-3-23-19(22)17-18(15-10-5-4-6-11-15)21(13-20-17)16-12-8-7-9-14(16)2/h4-6,10-11,13-14,16H,3,7-9,12H2,1-2H3/t14-,16-/m1/s1. The number of esters is 1. The van der Waals surface area contributed by atoms with E-state index in [-0.39, 0.29) is 5.97 Å². The first-order chi connectivity index (χ1) is 11.2. The van der Waals surface area contributed by atoms with Crippen LogP contribution in [0.2, 0.25) is 0 Å². The van der Waals surface area contributed by atoms with Gasteiger partial charge in [0.15, 0.2) is 5.69 Å². The van der Waals surface area contributed by atoms with Crippen molar-refractivity contribution in [1.82, 2.24) is 9.55 Å². The van der Waals surface area contributed by atoms with E-state index in [1.54, 1.807) is 0 Å². The van der Waals surface area contributed by atoms with E-state index in [1.165, 1.54) is 19.3 Å². The number of aromatic nitrogens is 2. The minimum atomic E-state index is -0.339. The lowest BCUT2D eigenvalue weighted by atomic mass is 9.85. The minimum absolute atomic E-state index is 0.339. The zero-order valence-electron chi connectivity index (χ0n) is 13.9. The number of rotatable bonds is 4. The molecule has 1 aliphatic rings. The lowest BCUT2D eigenvalue weighted by molar-refractivity contribution is 0.0521. The van der Waals surface area contributed by atoms with Gasteiger partial charge >= 0.3 is 5.97 Å². The zero-order chi connectivity index (χ0) is 16.2. The average Bonchev–Trinajstić information content (AvgIpc) is 3.01. The van der Waals surface area contributed by atoms with Gasteiger partial charge in [0.1, 0.15) is 0 Å². The fourth-order valence-electron chi connectivity index (χ4n) is 3.55. The first-order valence-corrected chi connectivity index (χ1v) is 8.51. The van der Waals surface area contributed by atoms with Crippen molar-refractivity contribution in [3.05, 3.63) is 42.4 Å². The second kappa shape index (κ2) is 6.99. The molecule has 4 heteroatoms. The lowest BCUT2D eigenvalue weighted by Gasteiger charge is -2.31. The molecule has 0 spiro atoms. The van der Waals surface area contributed by atoms with Crippen LogP contribution in [-0.2, 0) is 4.74 Å². The fraction of sp³-hybridized carbons (Fsp3) is 0.474. The maximum Gasteiger partial charge on any atom is 0.359 e. The van der Waals surface area contributed by atoms with Gasteiger partial charge in [-0.25, -0.2) is 9.78 Å². The van der Waals surface area contributed by atoms with Gasteiger partial charge in [-0.05, 0) is 25.7 Å². The first kappa shape index (κ1) is 15.8. The summed E-state index contributed by atoms with van der Waals surface area (Å²) in [6.45, 7) is 4.47. The molecule has 1 aromatic heterocycles. The highest BCUT2D eigenvalue weighted by atomic mass is 16.5. The highest BCUT2D eigenvalue weighted by molar-refractivity contribution is 5.94. The summed E-state index contributed by atoms with van der Waals surface area (Å²) in [6.07, 6.45) is 6.71. The van der Waals surface area contributed by atoms with Gasteiger partial charge in [0.2, 0.25) is 0 Å². The summed E-state index contributed by atoms with van der Waals surface area (Å²) in [5.74, 6) is 0.254. The van der Waals surface area contributed by atoms with E-state index in [2.05, 4.69) is 16.5 Å². The third kappa shape index (κ3) is 3.16. The van der Waals surface area contributed by atoms with Crippen LogP contribution >= 0.6 is 0 Å². The van der Waals surface area contributed by atoms with E-state index in [4.69, 9.17) is 4.74 Å². The molecule has 0 N–H and O–H groups in total. The van der Waals surface area contributed by atoms with Crippen molar-refractivity contribution >= 4 is 5.97 Å². The summed E-state index contributed by atoms with van der Waals surface area (Å²) < 4.78 is 7.40. The number of nitrogens with zero attached hydrogens (tertiary/aromatic N) is 2. The second-order valence-electron chi connectivity index (χ2n) is 6.26. The molecule has 0 amide bonds. The molecular weight excluding hydrogens is 288 g/mol. The molecule has 2 atom stereocenters. The predicted octanol–water partition coefficient (Wildman–Crippen LogP) is 4.48. The van der Waals surface area contributed by atoms with Crippen molar-refractivity contribution in [2.24, 2.45) is 5.92 Å². The summed E-state index contributed by atoms with van der Waals surface area (Å²) in [5, 5.41) is 0. The Labute approximate surface area is 137 Å². The van der Waals surface area contributed by atoms with Crippen molar-refractivity contribution in [2.45, 2.75) is 45.6 Å². The van der Waals surface area contributed by atoms with Gasteiger partial charge in [-0.15, -0.1) is 0 Å². The number of benzene rings is 1. The molecule has 1 saturated carbocycles. The second-order valence-corrected chi connectivity index (χ2v) is 6.26. The molecule has 0 saturated heterocycles. The van der Waals surface area contributed by atoms with Crippen LogP contribution in [-0.4, -0.2) is 22.1 Å². The molecular formula is C19H24N2O2. The lowest BCUT2D eigenvalue weighted by Crippen LogP contribution is -2.21. The monoisotopic (exact) mass is 312 g/mol. The Morgan fingerprint density at radius 1 is 1.26 bits per heavy atom. The third-order valence-corrected chi connectivity index (χ3v) is 4.73. The Bertz CT molecular complexity index is 663. The van der Waals surface area contributed by atoms with E-state index in [1.807, 2.05) is 43.6 Å². The molecule has 23 heavy (non-hydrogen) atoms. The highest BCUT2D eigenvalue weighted by Crippen LogP contribution is 2.37. The summed E-state index contributed by atoms with van der Waals surface area (Å²) in [5.41, 5.74) is 2.34. The SMILES string of the molecule is CCOC(=O)c1ncn([C@@H]2CCCC[C@H]2C)c1-c1ccccc1. The molecule has 3 rings (SSSR count). The molecule has 0 radical (unpaired) electrons. The molecule has 1 heterocycles. The Kier molecular flexibility index (Phi) is 4.79. The quantitative estimate of drug-likeness (QED) is 0.782. The number of hydrogen-bond acceptors (Lipinski definition) is 3. The fourth-order valence-corrected chi connectivity index (χ4v) is 3.55. The van der Waals surface area contributed by atoms with E-state index in [9.17, 15) is 4.79 Å². The summed E-state index contributed by atoms with van der Waals surface area (Å²) in [7, 11) is 0.